The number of nitrogens with zero attached hydrogens (tertiary/aromatic N) is 2. The van der Waals surface area contributed by atoms with Crippen LogP contribution in [0.3, 0.4) is 0 Å². The molecule has 0 spiro atoms. The van der Waals surface area contributed by atoms with Gasteiger partial charge in [-0.1, -0.05) is 19.9 Å². The number of halogens is 3. The maximum Gasteiger partial charge on any atom is 0.416 e. The van der Waals surface area contributed by atoms with Gasteiger partial charge in [-0.25, -0.2) is 4.79 Å². The molecule has 1 saturated heterocycles. The van der Waals surface area contributed by atoms with Gasteiger partial charge in [0.25, 0.3) is 0 Å². The minimum atomic E-state index is -4.34. The Labute approximate surface area is 180 Å². The Balaban J connectivity index is 1.73. The van der Waals surface area contributed by atoms with Crippen molar-refractivity contribution < 1.29 is 27.5 Å². The summed E-state index contributed by atoms with van der Waals surface area (Å²) in [6, 6.07) is 4.75. The number of carbonyl (C=O) groups is 2. The highest BCUT2D eigenvalue weighted by molar-refractivity contribution is 5.85. The van der Waals surface area contributed by atoms with E-state index >= 15 is 0 Å². The molecule has 1 atom stereocenters. The van der Waals surface area contributed by atoms with E-state index in [1.54, 1.807) is 6.07 Å². The molecule has 1 heterocycles. The second-order valence-electron chi connectivity index (χ2n) is 7.88. The summed E-state index contributed by atoms with van der Waals surface area (Å²) in [7, 11) is 1.25. The van der Waals surface area contributed by atoms with E-state index in [2.05, 4.69) is 20.3 Å². The lowest BCUT2D eigenvalue weighted by molar-refractivity contribution is -0.137. The van der Waals surface area contributed by atoms with E-state index in [4.69, 9.17) is 0 Å². The van der Waals surface area contributed by atoms with Gasteiger partial charge in [0.05, 0.1) is 12.7 Å². The number of rotatable bonds is 8. The van der Waals surface area contributed by atoms with E-state index in [9.17, 15) is 22.8 Å². The third kappa shape index (κ3) is 7.61. The Morgan fingerprint density at radius 3 is 2.42 bits per heavy atom. The molecule has 2 N–H and O–H groups in total. The highest BCUT2D eigenvalue weighted by Crippen LogP contribution is 2.31. The van der Waals surface area contributed by atoms with Crippen LogP contribution in [0.5, 0.6) is 0 Å². The van der Waals surface area contributed by atoms with E-state index in [-0.39, 0.29) is 11.8 Å². The summed E-state index contributed by atoms with van der Waals surface area (Å²) in [5.41, 5.74) is -0.0517. The van der Waals surface area contributed by atoms with Crippen LogP contribution in [0.25, 0.3) is 0 Å². The summed E-state index contributed by atoms with van der Waals surface area (Å²) in [5.74, 6) is -0.335. The average Bonchev–Trinajstić information content (AvgIpc) is 2.74. The molecule has 2 rings (SSSR count). The molecule has 7 nitrogen and oxygen atoms in total. The largest absolute Gasteiger partial charge is 0.453 e. The van der Waals surface area contributed by atoms with Crippen molar-refractivity contribution >= 4 is 17.7 Å². The molecule has 174 valence electrons. The molecule has 1 aliphatic rings. The van der Waals surface area contributed by atoms with Crippen molar-refractivity contribution in [3.63, 3.8) is 0 Å². The van der Waals surface area contributed by atoms with E-state index in [0.29, 0.717) is 25.3 Å². The van der Waals surface area contributed by atoms with Crippen LogP contribution in [-0.4, -0.2) is 69.3 Å². The van der Waals surface area contributed by atoms with Crippen molar-refractivity contribution in [1.82, 2.24) is 15.5 Å². The maximum absolute atomic E-state index is 12.9. The van der Waals surface area contributed by atoms with E-state index in [0.717, 1.165) is 32.1 Å². The molecule has 31 heavy (non-hydrogen) atoms. The van der Waals surface area contributed by atoms with Gasteiger partial charge in [-0.15, -0.1) is 0 Å². The van der Waals surface area contributed by atoms with Crippen molar-refractivity contribution in [2.45, 2.75) is 32.5 Å². The van der Waals surface area contributed by atoms with Gasteiger partial charge >= 0.3 is 12.3 Å². The van der Waals surface area contributed by atoms with Crippen molar-refractivity contribution in [3.05, 3.63) is 29.8 Å². The highest BCUT2D eigenvalue weighted by Gasteiger charge is 2.31. The maximum atomic E-state index is 12.9. The molecular formula is C21H31F3N4O3. The third-order valence-corrected chi connectivity index (χ3v) is 5.27. The molecule has 1 fully saturated rings. The fraction of sp³-hybridized carbons (Fsp3) is 0.619. The first-order valence-corrected chi connectivity index (χ1v) is 10.4. The predicted molar refractivity (Wildman–Crippen MR) is 112 cm³/mol. The predicted octanol–water partition coefficient (Wildman–Crippen LogP) is 2.71. The number of anilines is 1. The van der Waals surface area contributed by atoms with Gasteiger partial charge in [-0.2, -0.15) is 13.2 Å². The minimum absolute atomic E-state index is 0.0805. The zero-order chi connectivity index (χ0) is 23.0. The number of amides is 2. The summed E-state index contributed by atoms with van der Waals surface area (Å²) in [5, 5.41) is 5.37. The first-order valence-electron chi connectivity index (χ1n) is 10.4. The quantitative estimate of drug-likeness (QED) is 0.604. The number of benzene rings is 1. The number of piperazine rings is 1. The van der Waals surface area contributed by atoms with E-state index in [1.165, 1.54) is 19.2 Å². The molecule has 0 radical (unpaired) electrons. The standard InChI is InChI=1S/C21H31F3N4O3/c1-15(2)18(26-20(30)31-3)19(29)25-8-5-9-27-10-12-28(13-11-27)17-7-4-6-16(14-17)21(22,23)24/h4,6-7,14-15,18H,5,8-13H2,1-3H3,(H,25,29)(H,26,30)/t18-/m0/s1. The van der Waals surface area contributed by atoms with Crippen molar-refractivity contribution in [2.75, 3.05) is 51.3 Å². The molecule has 1 aromatic rings. The molecule has 0 aromatic heterocycles. The first kappa shape index (κ1) is 24.8. The van der Waals surface area contributed by atoms with E-state index < -0.39 is 23.9 Å². The summed E-state index contributed by atoms with van der Waals surface area (Å²) < 4.78 is 43.3. The van der Waals surface area contributed by atoms with Crippen LogP contribution in [-0.2, 0) is 15.7 Å². The lowest BCUT2D eigenvalue weighted by Crippen LogP contribution is -2.50. The minimum Gasteiger partial charge on any atom is -0.453 e. The van der Waals surface area contributed by atoms with Crippen molar-refractivity contribution in [1.29, 1.82) is 0 Å². The number of hydrogen-bond donors (Lipinski definition) is 2. The number of hydrogen-bond acceptors (Lipinski definition) is 5. The van der Waals surface area contributed by atoms with Gasteiger partial charge in [0, 0.05) is 38.4 Å². The smallest absolute Gasteiger partial charge is 0.416 e. The molecule has 1 aromatic carbocycles. The Kier molecular flexibility index (Phi) is 8.97. The Hall–Kier alpha value is -2.49. The van der Waals surface area contributed by atoms with Crippen molar-refractivity contribution in [2.24, 2.45) is 5.92 Å². The molecule has 0 aliphatic carbocycles. The summed E-state index contributed by atoms with van der Waals surface area (Å²) in [6.45, 7) is 7.68. The Morgan fingerprint density at radius 2 is 1.84 bits per heavy atom. The third-order valence-electron chi connectivity index (χ3n) is 5.27. The van der Waals surface area contributed by atoms with Crippen LogP contribution in [0.4, 0.5) is 23.7 Å². The first-order chi connectivity index (χ1) is 14.6. The highest BCUT2D eigenvalue weighted by atomic mass is 19.4. The number of ether oxygens (including phenoxy) is 1. The second-order valence-corrected chi connectivity index (χ2v) is 7.88. The van der Waals surface area contributed by atoms with Gasteiger partial charge in [0.1, 0.15) is 6.04 Å². The molecule has 0 unspecified atom stereocenters. The molecule has 2 amide bonds. The lowest BCUT2D eigenvalue weighted by Gasteiger charge is -2.36. The lowest BCUT2D eigenvalue weighted by atomic mass is 10.0. The van der Waals surface area contributed by atoms with Gasteiger partial charge < -0.3 is 20.3 Å². The summed E-state index contributed by atoms with van der Waals surface area (Å²) >= 11 is 0. The normalized spacial score (nSPS) is 16.2. The zero-order valence-corrected chi connectivity index (χ0v) is 18.2. The topological polar surface area (TPSA) is 73.9 Å². The molecular weight excluding hydrogens is 413 g/mol. The number of carbonyl (C=O) groups excluding carboxylic acids is 2. The van der Waals surface area contributed by atoms with Gasteiger partial charge in [0.2, 0.25) is 5.91 Å². The second kappa shape index (κ2) is 11.2. The summed E-state index contributed by atoms with van der Waals surface area (Å²) in [4.78, 5) is 27.9. The van der Waals surface area contributed by atoms with Crippen LogP contribution in [0.1, 0.15) is 25.8 Å². The molecule has 10 heteroatoms. The Bertz CT molecular complexity index is 735. The monoisotopic (exact) mass is 444 g/mol. The molecule has 1 aliphatic heterocycles. The number of alkyl carbamates (subject to hydrolysis) is 1. The fourth-order valence-corrected chi connectivity index (χ4v) is 3.45. The van der Waals surface area contributed by atoms with Crippen molar-refractivity contribution in [3.8, 4) is 0 Å². The van der Waals surface area contributed by atoms with Gasteiger partial charge in [-0.05, 0) is 37.1 Å². The Morgan fingerprint density at radius 1 is 1.16 bits per heavy atom. The van der Waals surface area contributed by atoms with Gasteiger partial charge in [0.15, 0.2) is 0 Å². The van der Waals surface area contributed by atoms with E-state index in [1.807, 2.05) is 18.7 Å². The van der Waals surface area contributed by atoms with Crippen LogP contribution in [0.15, 0.2) is 24.3 Å². The van der Waals surface area contributed by atoms with Crippen LogP contribution in [0.2, 0.25) is 0 Å². The molecule has 0 bridgehead atoms. The number of methoxy groups -OCH3 is 1. The molecule has 0 saturated carbocycles. The van der Waals surface area contributed by atoms with Crippen LogP contribution in [0, 0.1) is 5.92 Å². The van der Waals surface area contributed by atoms with Gasteiger partial charge in [-0.3, -0.25) is 9.69 Å². The van der Waals surface area contributed by atoms with Crippen LogP contribution >= 0.6 is 0 Å². The van der Waals surface area contributed by atoms with Crippen LogP contribution < -0.4 is 15.5 Å². The number of alkyl halides is 3. The summed E-state index contributed by atoms with van der Waals surface area (Å²) in [6.07, 6.45) is -4.26. The fourth-order valence-electron chi connectivity index (χ4n) is 3.45. The SMILES string of the molecule is COC(=O)N[C@H](C(=O)NCCCN1CCN(c2cccc(C(F)(F)F)c2)CC1)C(C)C. The average molecular weight is 444 g/mol. The number of nitrogens with one attached hydrogen (secondary N) is 2. The zero-order valence-electron chi connectivity index (χ0n) is 18.2.